The van der Waals surface area contributed by atoms with Crippen molar-refractivity contribution in [2.45, 2.75) is 32.1 Å². The van der Waals surface area contributed by atoms with Gasteiger partial charge in [0.25, 0.3) is 5.91 Å². The number of carbonyl (C=O) groups excluding carboxylic acids is 1. The van der Waals surface area contributed by atoms with Crippen LogP contribution in [0.2, 0.25) is 0 Å². The van der Waals surface area contributed by atoms with Gasteiger partial charge < -0.3 is 20.1 Å². The fourth-order valence-electron chi connectivity index (χ4n) is 5.29. The third-order valence-electron chi connectivity index (χ3n) is 7.73. The molecule has 1 saturated heterocycles. The summed E-state index contributed by atoms with van der Waals surface area (Å²) in [6.07, 6.45) is -1.45. The number of aromatic nitrogens is 2. The number of rotatable bonds is 5. The number of anilines is 3. The van der Waals surface area contributed by atoms with Crippen LogP contribution in [0.5, 0.6) is 0 Å². The van der Waals surface area contributed by atoms with Crippen LogP contribution in [0.1, 0.15) is 40.2 Å². The number of hydrogen-bond donors (Lipinski definition) is 2. The van der Waals surface area contributed by atoms with Crippen LogP contribution < -0.4 is 20.7 Å². The minimum absolute atomic E-state index is 0.0223. The fraction of sp³-hybridized carbons (Fsp3) is 0.357. The molecule has 1 fully saturated rings. The predicted octanol–water partition coefficient (Wildman–Crippen LogP) is 4.68. The van der Waals surface area contributed by atoms with Crippen molar-refractivity contribution in [1.82, 2.24) is 14.9 Å². The zero-order chi connectivity index (χ0) is 31.2. The number of nitrogens with one attached hydrogen (secondary N) is 2. The van der Waals surface area contributed by atoms with Gasteiger partial charge in [-0.25, -0.2) is 13.8 Å². The number of thiazole rings is 1. The maximum Gasteiger partial charge on any atom is 0.417 e. The first-order valence-corrected chi connectivity index (χ1v) is 14.0. The van der Waals surface area contributed by atoms with Crippen molar-refractivity contribution < 1.29 is 26.7 Å². The van der Waals surface area contributed by atoms with Crippen molar-refractivity contribution >= 4 is 39.3 Å². The van der Waals surface area contributed by atoms with E-state index in [9.17, 15) is 22.8 Å². The summed E-state index contributed by atoms with van der Waals surface area (Å²) in [7, 11) is 1.91. The van der Waals surface area contributed by atoms with Crippen molar-refractivity contribution in [1.29, 1.82) is 5.26 Å². The Morgan fingerprint density at radius 2 is 1.88 bits per heavy atom. The van der Waals surface area contributed by atoms with Gasteiger partial charge in [0.2, 0.25) is 5.56 Å². The first kappa shape index (κ1) is 30.2. The highest BCUT2D eigenvalue weighted by molar-refractivity contribution is 7.16. The second-order valence-electron chi connectivity index (χ2n) is 10.5. The van der Waals surface area contributed by atoms with Gasteiger partial charge in [-0.3, -0.25) is 14.5 Å². The lowest BCUT2D eigenvalue weighted by Crippen LogP contribution is -2.55. The van der Waals surface area contributed by atoms with Crippen molar-refractivity contribution in [3.63, 3.8) is 0 Å². The van der Waals surface area contributed by atoms with Crippen LogP contribution in [0.25, 0.3) is 5.57 Å². The van der Waals surface area contributed by atoms with Crippen molar-refractivity contribution in [2.75, 3.05) is 48.3 Å². The number of alkyl halides is 3. The van der Waals surface area contributed by atoms with E-state index >= 15 is 8.78 Å². The van der Waals surface area contributed by atoms with E-state index in [1.165, 1.54) is 6.20 Å². The summed E-state index contributed by atoms with van der Waals surface area (Å²) in [5, 5.41) is 11.8. The molecule has 0 bridgehead atoms. The molecule has 4 heterocycles. The molecule has 2 aliphatic heterocycles. The molecule has 2 atom stereocenters. The molecule has 2 N–H and O–H groups in total. The molecular formula is C28H26F5N7O2S. The molecular weight excluding hydrogens is 593 g/mol. The van der Waals surface area contributed by atoms with E-state index in [2.05, 4.69) is 20.2 Å². The van der Waals surface area contributed by atoms with Crippen LogP contribution in [0.3, 0.4) is 0 Å². The Morgan fingerprint density at radius 1 is 1.19 bits per heavy atom. The van der Waals surface area contributed by atoms with Gasteiger partial charge in [-0.05, 0) is 26.5 Å². The highest BCUT2D eigenvalue weighted by Gasteiger charge is 2.37. The lowest BCUT2D eigenvalue weighted by molar-refractivity contribution is -0.138. The molecule has 0 saturated carbocycles. The van der Waals surface area contributed by atoms with E-state index in [1.54, 1.807) is 15.9 Å². The normalized spacial score (nSPS) is 19.4. The third-order valence-corrected chi connectivity index (χ3v) is 8.69. The quantitative estimate of drug-likeness (QED) is 0.399. The summed E-state index contributed by atoms with van der Waals surface area (Å²) >= 11 is 1.12. The Balaban J connectivity index is 1.57. The number of piperazine rings is 1. The Kier molecular flexibility index (Phi) is 8.01. The van der Waals surface area contributed by atoms with Crippen molar-refractivity contribution in [3.05, 3.63) is 74.2 Å². The van der Waals surface area contributed by atoms with Gasteiger partial charge in [-0.2, -0.15) is 18.4 Å². The number of amides is 1. The Morgan fingerprint density at radius 3 is 2.51 bits per heavy atom. The predicted molar refractivity (Wildman–Crippen MR) is 152 cm³/mol. The van der Waals surface area contributed by atoms with Gasteiger partial charge in [0.05, 0.1) is 28.6 Å². The second-order valence-corrected chi connectivity index (χ2v) is 11.5. The van der Waals surface area contributed by atoms with Crippen LogP contribution in [0.15, 0.2) is 35.4 Å². The minimum Gasteiger partial charge on any atom is -0.367 e. The van der Waals surface area contributed by atoms with E-state index in [0.29, 0.717) is 29.3 Å². The first-order valence-electron chi connectivity index (χ1n) is 13.2. The van der Waals surface area contributed by atoms with Crippen LogP contribution in [-0.4, -0.2) is 66.1 Å². The van der Waals surface area contributed by atoms with Gasteiger partial charge in [0.15, 0.2) is 10.9 Å². The Bertz CT molecular complexity index is 1700. The number of hydrogen-bond acceptors (Lipinski definition) is 8. The highest BCUT2D eigenvalue weighted by atomic mass is 32.1. The number of H-pyrrole nitrogens is 1. The molecule has 1 amide bonds. The van der Waals surface area contributed by atoms with Crippen molar-refractivity contribution in [3.8, 4) is 6.07 Å². The molecule has 5 rings (SSSR count). The maximum absolute atomic E-state index is 16.4. The van der Waals surface area contributed by atoms with E-state index in [1.807, 2.05) is 27.0 Å². The summed E-state index contributed by atoms with van der Waals surface area (Å²) in [5.41, 5.74) is -4.19. The number of benzene rings is 1. The van der Waals surface area contributed by atoms with Crippen LogP contribution >= 0.6 is 11.3 Å². The molecule has 15 heteroatoms. The van der Waals surface area contributed by atoms with Crippen LogP contribution in [-0.2, 0) is 6.18 Å². The van der Waals surface area contributed by atoms with Crippen molar-refractivity contribution in [2.24, 2.45) is 0 Å². The molecule has 0 radical (unpaired) electrons. The van der Waals surface area contributed by atoms with Crippen LogP contribution in [0, 0.1) is 23.0 Å². The number of nitriles is 1. The highest BCUT2D eigenvalue weighted by Crippen LogP contribution is 2.40. The lowest BCUT2D eigenvalue weighted by atomic mass is 10.0. The zero-order valence-electron chi connectivity index (χ0n) is 23.2. The largest absolute Gasteiger partial charge is 0.417 e. The van der Waals surface area contributed by atoms with E-state index in [4.69, 9.17) is 5.26 Å². The average molecular weight is 620 g/mol. The number of likely N-dealkylation sites (N-methyl/N-ethyl adjacent to an activating group) is 1. The standard InChI is InChI=1S/C28H26F5N7O2S/c1-14-11-40(12-15(2)38(14)3)21-7-20(29)23(16-4-5-39(13-16)27-36-9-17(8-34)43-27)24(30)25(21)37-26(42)18-10-35-22(41)6-19(18)28(31,32)33/h4,6-7,9-10,14-15H,5,11-13H2,1-3H3,(H,35,41)(H,37,42)/t14-,15+. The monoisotopic (exact) mass is 619 g/mol. The van der Waals surface area contributed by atoms with Gasteiger partial charge in [-0.15, -0.1) is 0 Å². The Hall–Kier alpha value is -4.29. The lowest BCUT2D eigenvalue weighted by Gasteiger charge is -2.44. The van der Waals surface area contributed by atoms with E-state index in [-0.39, 0.29) is 42.5 Å². The fourth-order valence-corrected chi connectivity index (χ4v) is 6.01. The molecule has 9 nitrogen and oxygen atoms in total. The molecule has 43 heavy (non-hydrogen) atoms. The Labute approximate surface area is 246 Å². The number of halogens is 5. The average Bonchev–Trinajstić information content (AvgIpc) is 3.62. The first-order chi connectivity index (χ1) is 20.3. The summed E-state index contributed by atoms with van der Waals surface area (Å²) < 4.78 is 73.4. The van der Waals surface area contributed by atoms with Gasteiger partial charge in [-0.1, -0.05) is 17.4 Å². The van der Waals surface area contributed by atoms with E-state index in [0.717, 1.165) is 17.4 Å². The van der Waals surface area contributed by atoms with Gasteiger partial charge >= 0.3 is 6.18 Å². The summed E-state index contributed by atoms with van der Waals surface area (Å²) in [5.74, 6) is -3.38. The molecule has 2 aliphatic rings. The van der Waals surface area contributed by atoms with Gasteiger partial charge in [0.1, 0.15) is 22.5 Å². The summed E-state index contributed by atoms with van der Waals surface area (Å²) in [6, 6.07) is 3.23. The topological polar surface area (TPSA) is 108 Å². The van der Waals surface area contributed by atoms with Gasteiger partial charge in [0, 0.05) is 56.6 Å². The van der Waals surface area contributed by atoms with Crippen LogP contribution in [0.4, 0.5) is 38.5 Å². The molecule has 2 aromatic heterocycles. The number of carbonyl (C=O) groups is 1. The maximum atomic E-state index is 16.4. The molecule has 0 aliphatic carbocycles. The molecule has 3 aromatic rings. The molecule has 226 valence electrons. The van der Waals surface area contributed by atoms with E-state index < -0.39 is 51.7 Å². The molecule has 1 aromatic carbocycles. The third kappa shape index (κ3) is 5.84. The minimum atomic E-state index is -5.04. The number of nitrogens with zero attached hydrogens (tertiary/aromatic N) is 5. The molecule has 0 spiro atoms. The summed E-state index contributed by atoms with van der Waals surface area (Å²) in [4.78, 5) is 37.0. The summed E-state index contributed by atoms with van der Waals surface area (Å²) in [6.45, 7) is 4.79. The molecule has 0 unspecified atom stereocenters. The smallest absolute Gasteiger partial charge is 0.367 e. The second kappa shape index (κ2) is 11.4. The SMILES string of the molecule is C[C@@H]1CN(c2cc(F)c(C3=CCN(c4ncc(C#N)s4)C3)c(F)c2NC(=O)c2c[nH]c(=O)cc2C(F)(F)F)C[C@H](C)N1C. The number of aromatic amines is 1. The number of pyridine rings is 1. The zero-order valence-corrected chi connectivity index (χ0v) is 24.0.